The van der Waals surface area contributed by atoms with Crippen molar-refractivity contribution in [1.29, 1.82) is 0 Å². The van der Waals surface area contributed by atoms with Crippen LogP contribution in [0.4, 0.5) is 4.79 Å². The Morgan fingerprint density at radius 1 is 1.56 bits per heavy atom. The van der Waals surface area contributed by atoms with Gasteiger partial charge in [0.05, 0.1) is 25.1 Å². The Hall–Kier alpha value is -0.910. The van der Waals surface area contributed by atoms with Crippen LogP contribution in [-0.2, 0) is 9.53 Å². The molecule has 0 aromatic carbocycles. The molecule has 0 spiro atoms. The van der Waals surface area contributed by atoms with Gasteiger partial charge in [0.25, 0.3) is 0 Å². The summed E-state index contributed by atoms with van der Waals surface area (Å²) in [7, 11) is 1.43. The zero-order valence-electron chi connectivity index (χ0n) is 10.8. The number of hydrogen-bond acceptors (Lipinski definition) is 4. The molecule has 0 saturated carbocycles. The Morgan fingerprint density at radius 3 is 3.06 bits per heavy atom. The van der Waals surface area contributed by atoms with Gasteiger partial charge in [-0.1, -0.05) is 13.3 Å². The summed E-state index contributed by atoms with van der Waals surface area (Å²) >= 11 is 1.91. The molecule has 5 nitrogen and oxygen atoms in total. The number of amides is 2. The summed E-state index contributed by atoms with van der Waals surface area (Å²) in [5, 5.41) is 6.37. The van der Waals surface area contributed by atoms with Crippen LogP contribution in [0.3, 0.4) is 0 Å². The van der Waals surface area contributed by atoms with E-state index >= 15 is 0 Å². The van der Waals surface area contributed by atoms with Crippen molar-refractivity contribution >= 4 is 23.8 Å². The van der Waals surface area contributed by atoms with Gasteiger partial charge >= 0.3 is 12.0 Å². The number of esters is 1. The lowest BCUT2D eigenvalue weighted by Gasteiger charge is -2.17. The highest BCUT2D eigenvalue weighted by molar-refractivity contribution is 8.00. The van der Waals surface area contributed by atoms with Crippen molar-refractivity contribution in [2.45, 2.75) is 43.5 Å². The second-order valence-electron chi connectivity index (χ2n) is 4.98. The molecule has 18 heavy (non-hydrogen) atoms. The molecule has 0 unspecified atom stereocenters. The van der Waals surface area contributed by atoms with Gasteiger partial charge in [0.15, 0.2) is 0 Å². The molecule has 2 saturated heterocycles. The van der Waals surface area contributed by atoms with E-state index in [1.54, 1.807) is 0 Å². The van der Waals surface area contributed by atoms with E-state index < -0.39 is 0 Å². The van der Waals surface area contributed by atoms with Crippen LogP contribution in [0.1, 0.15) is 26.2 Å². The number of ether oxygens (including phenoxy) is 1. The van der Waals surface area contributed by atoms with Gasteiger partial charge in [0.2, 0.25) is 0 Å². The number of urea groups is 1. The van der Waals surface area contributed by atoms with Gasteiger partial charge < -0.3 is 15.4 Å². The fourth-order valence-corrected chi connectivity index (χ4v) is 4.13. The Bertz CT molecular complexity index is 337. The standard InChI is InChI=1S/C12H20N2O3S/c1-7(11(15)17-2)4-3-5-9-10-8(6-18-9)13-12(16)14-10/h7-10H,3-6H2,1-2H3,(H2,13,14,16)/t7-,8+,9+,10+/m1/s1. The van der Waals surface area contributed by atoms with Crippen molar-refractivity contribution in [3.63, 3.8) is 0 Å². The summed E-state index contributed by atoms with van der Waals surface area (Å²) in [5.74, 6) is 0.817. The van der Waals surface area contributed by atoms with Crippen LogP contribution in [0.5, 0.6) is 0 Å². The number of hydrogen-bond donors (Lipinski definition) is 2. The molecule has 2 heterocycles. The van der Waals surface area contributed by atoms with E-state index in [1.165, 1.54) is 7.11 Å². The molecule has 0 aliphatic carbocycles. The first kappa shape index (κ1) is 13.5. The van der Waals surface area contributed by atoms with Gasteiger partial charge in [-0.15, -0.1) is 0 Å². The van der Waals surface area contributed by atoms with Crippen molar-refractivity contribution in [2.24, 2.45) is 5.92 Å². The zero-order valence-corrected chi connectivity index (χ0v) is 11.6. The van der Waals surface area contributed by atoms with Gasteiger partial charge in [-0.2, -0.15) is 11.8 Å². The molecule has 0 bridgehead atoms. The van der Waals surface area contributed by atoms with E-state index in [0.29, 0.717) is 5.25 Å². The second kappa shape index (κ2) is 5.82. The number of fused-ring (bicyclic) bond motifs is 1. The normalized spacial score (nSPS) is 31.4. The maximum atomic E-state index is 11.3. The quantitative estimate of drug-likeness (QED) is 0.581. The average Bonchev–Trinajstić information content (AvgIpc) is 2.88. The molecular weight excluding hydrogens is 252 g/mol. The number of methoxy groups -OCH3 is 1. The van der Waals surface area contributed by atoms with Gasteiger partial charge in [0, 0.05) is 11.0 Å². The largest absolute Gasteiger partial charge is 0.469 e. The summed E-state index contributed by atoms with van der Waals surface area (Å²) in [6.07, 6.45) is 2.88. The third-order valence-electron chi connectivity index (χ3n) is 3.67. The number of thioether (sulfide) groups is 1. The van der Waals surface area contributed by atoms with Crippen LogP contribution < -0.4 is 10.6 Å². The van der Waals surface area contributed by atoms with E-state index in [4.69, 9.17) is 4.74 Å². The third kappa shape index (κ3) is 2.91. The number of carbonyl (C=O) groups is 2. The van der Waals surface area contributed by atoms with Crippen LogP contribution in [-0.4, -0.2) is 42.2 Å². The minimum atomic E-state index is -0.136. The van der Waals surface area contributed by atoms with Crippen molar-refractivity contribution in [3.8, 4) is 0 Å². The lowest BCUT2D eigenvalue weighted by Crippen LogP contribution is -2.36. The van der Waals surface area contributed by atoms with Crippen molar-refractivity contribution in [1.82, 2.24) is 10.6 Å². The molecule has 2 rings (SSSR count). The molecule has 2 N–H and O–H groups in total. The number of carbonyl (C=O) groups excluding carboxylic acids is 2. The molecule has 2 aliphatic heterocycles. The Balaban J connectivity index is 1.71. The van der Waals surface area contributed by atoms with E-state index in [-0.39, 0.29) is 30.0 Å². The highest BCUT2D eigenvalue weighted by Crippen LogP contribution is 2.33. The van der Waals surface area contributed by atoms with Crippen molar-refractivity contribution < 1.29 is 14.3 Å². The molecule has 4 atom stereocenters. The Morgan fingerprint density at radius 2 is 2.33 bits per heavy atom. The SMILES string of the molecule is COC(=O)[C@H](C)CCC[C@@H]1SC[C@@H]2NC(=O)N[C@@H]21. The van der Waals surface area contributed by atoms with Crippen LogP contribution in [0.25, 0.3) is 0 Å². The van der Waals surface area contributed by atoms with Crippen LogP contribution in [0.15, 0.2) is 0 Å². The summed E-state index contributed by atoms with van der Waals surface area (Å²) in [6.45, 7) is 1.90. The predicted molar refractivity (Wildman–Crippen MR) is 70.5 cm³/mol. The molecular formula is C12H20N2O3S. The molecule has 2 fully saturated rings. The fourth-order valence-electron chi connectivity index (χ4n) is 2.59. The van der Waals surface area contributed by atoms with E-state index in [1.807, 2.05) is 18.7 Å². The third-order valence-corrected chi connectivity index (χ3v) is 5.18. The van der Waals surface area contributed by atoms with Crippen molar-refractivity contribution in [2.75, 3.05) is 12.9 Å². The minimum absolute atomic E-state index is 0.0338. The van der Waals surface area contributed by atoms with Gasteiger partial charge in [-0.25, -0.2) is 4.79 Å². The van der Waals surface area contributed by atoms with Crippen molar-refractivity contribution in [3.05, 3.63) is 0 Å². The first-order chi connectivity index (χ1) is 8.61. The molecule has 2 amide bonds. The maximum Gasteiger partial charge on any atom is 0.315 e. The van der Waals surface area contributed by atoms with Gasteiger partial charge in [-0.05, 0) is 12.8 Å². The lowest BCUT2D eigenvalue weighted by atomic mass is 9.99. The maximum absolute atomic E-state index is 11.3. The molecule has 0 radical (unpaired) electrons. The minimum Gasteiger partial charge on any atom is -0.469 e. The highest BCUT2D eigenvalue weighted by Gasteiger charge is 2.42. The topological polar surface area (TPSA) is 67.4 Å². The molecule has 0 aromatic heterocycles. The van der Waals surface area contributed by atoms with E-state index in [2.05, 4.69) is 10.6 Å². The van der Waals surface area contributed by atoms with Crippen LogP contribution in [0.2, 0.25) is 0 Å². The number of nitrogens with one attached hydrogen (secondary N) is 2. The first-order valence-electron chi connectivity index (χ1n) is 6.38. The summed E-state index contributed by atoms with van der Waals surface area (Å²) in [6, 6.07) is 0.500. The zero-order chi connectivity index (χ0) is 13.1. The number of rotatable bonds is 5. The van der Waals surface area contributed by atoms with E-state index in [0.717, 1.165) is 25.0 Å². The molecule has 0 aromatic rings. The summed E-state index contributed by atoms with van der Waals surface area (Å²) < 4.78 is 4.71. The van der Waals surface area contributed by atoms with Gasteiger partial charge in [0.1, 0.15) is 0 Å². The Labute approximate surface area is 111 Å². The average molecular weight is 272 g/mol. The molecule has 2 aliphatic rings. The van der Waals surface area contributed by atoms with Crippen LogP contribution >= 0.6 is 11.8 Å². The monoisotopic (exact) mass is 272 g/mol. The molecule has 102 valence electrons. The predicted octanol–water partition coefficient (Wildman–Crippen LogP) is 1.13. The first-order valence-corrected chi connectivity index (χ1v) is 7.43. The smallest absolute Gasteiger partial charge is 0.315 e. The highest BCUT2D eigenvalue weighted by atomic mass is 32.2. The fraction of sp³-hybridized carbons (Fsp3) is 0.833. The second-order valence-corrected chi connectivity index (χ2v) is 6.25. The van der Waals surface area contributed by atoms with Crippen LogP contribution in [0, 0.1) is 5.92 Å². The van der Waals surface area contributed by atoms with Gasteiger partial charge in [-0.3, -0.25) is 4.79 Å². The summed E-state index contributed by atoms with van der Waals surface area (Å²) in [5.41, 5.74) is 0. The Kier molecular flexibility index (Phi) is 4.37. The van der Waals surface area contributed by atoms with E-state index in [9.17, 15) is 9.59 Å². The molecule has 6 heteroatoms. The lowest BCUT2D eigenvalue weighted by molar-refractivity contribution is -0.145. The summed E-state index contributed by atoms with van der Waals surface area (Å²) in [4.78, 5) is 22.5.